The van der Waals surface area contributed by atoms with Crippen LogP contribution in [0.5, 0.6) is 11.5 Å². The highest BCUT2D eigenvalue weighted by molar-refractivity contribution is 5.96. The number of rotatable bonds is 9. The maximum atomic E-state index is 13.0. The number of Topliss-reactive ketones (excluding diaryl/α,β-unsaturated/α-hetero) is 1. The molecular weight excluding hydrogens is 387 g/mol. The average molecular weight is 409 g/mol. The molecule has 0 saturated carbocycles. The fourth-order valence-corrected chi connectivity index (χ4v) is 2.42. The minimum Gasteiger partial charge on any atom is -0.491 e. The summed E-state index contributed by atoms with van der Waals surface area (Å²) in [5, 5.41) is 2.40. The van der Waals surface area contributed by atoms with Crippen molar-refractivity contribution in [2.45, 2.75) is 32.9 Å². The smallest absolute Gasteiger partial charge is 0.416 e. The molecule has 0 aliphatic rings. The molecule has 156 valence electrons. The number of amides is 1. The van der Waals surface area contributed by atoms with E-state index in [9.17, 15) is 22.8 Å². The van der Waals surface area contributed by atoms with Gasteiger partial charge in [0.15, 0.2) is 12.4 Å². The highest BCUT2D eigenvalue weighted by Gasteiger charge is 2.31. The molecule has 0 bridgehead atoms. The Morgan fingerprint density at radius 2 is 1.69 bits per heavy atom. The Morgan fingerprint density at radius 3 is 2.28 bits per heavy atom. The second-order valence-corrected chi connectivity index (χ2v) is 6.20. The topological polar surface area (TPSA) is 64.6 Å². The number of alkyl halides is 3. The van der Waals surface area contributed by atoms with Crippen molar-refractivity contribution in [3.05, 3.63) is 53.6 Å². The van der Waals surface area contributed by atoms with E-state index < -0.39 is 24.3 Å². The van der Waals surface area contributed by atoms with E-state index in [1.165, 1.54) is 6.07 Å². The minimum absolute atomic E-state index is 0.0153. The molecule has 1 amide bonds. The largest absolute Gasteiger partial charge is 0.491 e. The summed E-state index contributed by atoms with van der Waals surface area (Å²) in [6.45, 7) is 3.50. The Bertz CT molecular complexity index is 848. The third-order valence-electron chi connectivity index (χ3n) is 3.91. The molecule has 5 nitrogen and oxygen atoms in total. The fourth-order valence-electron chi connectivity index (χ4n) is 2.42. The number of nitrogens with one attached hydrogen (secondary N) is 1. The van der Waals surface area contributed by atoms with E-state index >= 15 is 0 Å². The highest BCUT2D eigenvalue weighted by atomic mass is 19.4. The summed E-state index contributed by atoms with van der Waals surface area (Å²) in [6, 6.07) is 9.18. The van der Waals surface area contributed by atoms with Gasteiger partial charge in [-0.05, 0) is 48.9 Å². The van der Waals surface area contributed by atoms with Crippen LogP contribution in [0.2, 0.25) is 0 Å². The molecule has 0 atom stereocenters. The third-order valence-corrected chi connectivity index (χ3v) is 3.91. The first-order valence-corrected chi connectivity index (χ1v) is 9.14. The quantitative estimate of drug-likeness (QED) is 0.585. The van der Waals surface area contributed by atoms with E-state index in [2.05, 4.69) is 5.32 Å². The van der Waals surface area contributed by atoms with Crippen LogP contribution >= 0.6 is 0 Å². The summed E-state index contributed by atoms with van der Waals surface area (Å²) in [7, 11) is 0. The molecule has 0 spiro atoms. The van der Waals surface area contributed by atoms with Crippen LogP contribution in [0.25, 0.3) is 0 Å². The average Bonchev–Trinajstić information content (AvgIpc) is 2.70. The molecule has 2 aromatic rings. The van der Waals surface area contributed by atoms with E-state index in [1.54, 1.807) is 31.2 Å². The summed E-state index contributed by atoms with van der Waals surface area (Å²) in [5.74, 6) is -0.146. The van der Waals surface area contributed by atoms with Crippen molar-refractivity contribution in [2.24, 2.45) is 0 Å². The summed E-state index contributed by atoms with van der Waals surface area (Å²) in [4.78, 5) is 23.8. The second-order valence-electron chi connectivity index (χ2n) is 6.20. The molecule has 0 unspecified atom stereocenters. The van der Waals surface area contributed by atoms with Crippen molar-refractivity contribution in [2.75, 3.05) is 18.5 Å². The minimum atomic E-state index is -4.54. The lowest BCUT2D eigenvalue weighted by molar-refractivity contribution is -0.137. The molecule has 2 rings (SSSR count). The summed E-state index contributed by atoms with van der Waals surface area (Å²) in [6.07, 6.45) is -3.51. The zero-order valence-electron chi connectivity index (χ0n) is 16.1. The molecule has 0 heterocycles. The molecule has 2 aromatic carbocycles. The Hall–Kier alpha value is -3.03. The zero-order chi connectivity index (χ0) is 21.4. The van der Waals surface area contributed by atoms with Crippen LogP contribution in [0.1, 0.15) is 42.6 Å². The van der Waals surface area contributed by atoms with Gasteiger partial charge in [0.05, 0.1) is 17.9 Å². The van der Waals surface area contributed by atoms with Gasteiger partial charge in [-0.15, -0.1) is 0 Å². The first kappa shape index (κ1) is 22.3. The Labute approximate surface area is 166 Å². The summed E-state index contributed by atoms with van der Waals surface area (Å²) in [5.41, 5.74) is -0.439. The van der Waals surface area contributed by atoms with E-state index in [4.69, 9.17) is 9.47 Å². The van der Waals surface area contributed by atoms with Crippen LogP contribution < -0.4 is 14.8 Å². The summed E-state index contributed by atoms with van der Waals surface area (Å²) < 4.78 is 49.7. The maximum absolute atomic E-state index is 13.0. The van der Waals surface area contributed by atoms with Gasteiger partial charge in [0.2, 0.25) is 0 Å². The van der Waals surface area contributed by atoms with Gasteiger partial charge in [-0.3, -0.25) is 9.59 Å². The normalized spacial score (nSPS) is 11.1. The highest BCUT2D eigenvalue weighted by Crippen LogP contribution is 2.35. The van der Waals surface area contributed by atoms with Crippen molar-refractivity contribution in [1.82, 2.24) is 0 Å². The van der Waals surface area contributed by atoms with Gasteiger partial charge in [0.25, 0.3) is 5.91 Å². The Balaban J connectivity index is 2.05. The first-order valence-electron chi connectivity index (χ1n) is 9.14. The van der Waals surface area contributed by atoms with Crippen molar-refractivity contribution in [1.29, 1.82) is 0 Å². The van der Waals surface area contributed by atoms with Crippen molar-refractivity contribution < 1.29 is 32.2 Å². The van der Waals surface area contributed by atoms with Crippen LogP contribution in [0, 0.1) is 0 Å². The van der Waals surface area contributed by atoms with Gasteiger partial charge < -0.3 is 14.8 Å². The number of hydrogen-bond donors (Lipinski definition) is 1. The number of halogens is 3. The van der Waals surface area contributed by atoms with Gasteiger partial charge in [-0.1, -0.05) is 13.8 Å². The monoisotopic (exact) mass is 409 g/mol. The SMILES string of the molecule is CCCOc1ccc(C(F)(F)F)cc1NC(=O)COc1ccc(C(=O)CC)cc1. The lowest BCUT2D eigenvalue weighted by Crippen LogP contribution is -2.21. The second kappa shape index (κ2) is 9.95. The van der Waals surface area contributed by atoms with Gasteiger partial charge in [-0.2, -0.15) is 13.2 Å². The number of benzene rings is 2. The number of carbonyl (C=O) groups is 2. The molecule has 1 N–H and O–H groups in total. The first-order chi connectivity index (χ1) is 13.7. The van der Waals surface area contributed by atoms with Crippen molar-refractivity contribution >= 4 is 17.4 Å². The number of ether oxygens (including phenoxy) is 2. The standard InChI is InChI=1S/C21H22F3NO4/c1-3-11-28-19-10-7-15(21(22,23)24)12-17(19)25-20(27)13-29-16-8-5-14(6-9-16)18(26)4-2/h5-10,12H,3-4,11,13H2,1-2H3,(H,25,27). The predicted molar refractivity (Wildman–Crippen MR) is 102 cm³/mol. The lowest BCUT2D eigenvalue weighted by atomic mass is 10.1. The van der Waals surface area contributed by atoms with Crippen LogP contribution in [-0.4, -0.2) is 24.9 Å². The van der Waals surface area contributed by atoms with Gasteiger partial charge >= 0.3 is 6.18 Å². The fraction of sp³-hybridized carbons (Fsp3) is 0.333. The van der Waals surface area contributed by atoms with E-state index in [0.29, 0.717) is 30.8 Å². The molecular formula is C21H22F3NO4. The van der Waals surface area contributed by atoms with Gasteiger partial charge in [0, 0.05) is 12.0 Å². The van der Waals surface area contributed by atoms with Crippen LogP contribution in [0.15, 0.2) is 42.5 Å². The number of carbonyl (C=O) groups excluding carboxylic acids is 2. The van der Waals surface area contributed by atoms with Crippen LogP contribution in [0.3, 0.4) is 0 Å². The lowest BCUT2D eigenvalue weighted by Gasteiger charge is -2.15. The molecule has 0 aromatic heterocycles. The maximum Gasteiger partial charge on any atom is 0.416 e. The van der Waals surface area contributed by atoms with Gasteiger partial charge in [-0.25, -0.2) is 0 Å². The molecule has 0 fully saturated rings. The molecule has 29 heavy (non-hydrogen) atoms. The van der Waals surface area contributed by atoms with Crippen molar-refractivity contribution in [3.63, 3.8) is 0 Å². The van der Waals surface area contributed by atoms with Gasteiger partial charge in [0.1, 0.15) is 11.5 Å². The van der Waals surface area contributed by atoms with Crippen LogP contribution in [-0.2, 0) is 11.0 Å². The Morgan fingerprint density at radius 1 is 1.00 bits per heavy atom. The zero-order valence-corrected chi connectivity index (χ0v) is 16.1. The molecule has 0 radical (unpaired) electrons. The number of hydrogen-bond acceptors (Lipinski definition) is 4. The Kier molecular flexibility index (Phi) is 7.64. The van der Waals surface area contributed by atoms with E-state index in [-0.39, 0.29) is 17.2 Å². The van der Waals surface area contributed by atoms with Crippen LogP contribution in [0.4, 0.5) is 18.9 Å². The number of ketones is 1. The molecule has 8 heteroatoms. The number of anilines is 1. The van der Waals surface area contributed by atoms with Crippen molar-refractivity contribution in [3.8, 4) is 11.5 Å². The third kappa shape index (κ3) is 6.51. The van der Waals surface area contributed by atoms with E-state index in [1.807, 2.05) is 6.92 Å². The van der Waals surface area contributed by atoms with E-state index in [0.717, 1.165) is 12.1 Å². The summed E-state index contributed by atoms with van der Waals surface area (Å²) >= 11 is 0. The molecule has 0 aliphatic heterocycles. The molecule has 0 aliphatic carbocycles. The predicted octanol–water partition coefficient (Wildman–Crippen LogP) is 5.10. The molecule has 0 saturated heterocycles.